The van der Waals surface area contributed by atoms with Crippen LogP contribution in [0, 0.1) is 10.1 Å². The molecule has 0 spiro atoms. The van der Waals surface area contributed by atoms with E-state index in [1.54, 1.807) is 30.5 Å². The van der Waals surface area contributed by atoms with Crippen molar-refractivity contribution in [3.05, 3.63) is 63.4 Å². The predicted molar refractivity (Wildman–Crippen MR) is 66.7 cm³/mol. The van der Waals surface area contributed by atoms with E-state index in [0.717, 1.165) is 5.56 Å². The van der Waals surface area contributed by atoms with Gasteiger partial charge >= 0.3 is 0 Å². The average molecular weight is 265 g/mol. The van der Waals surface area contributed by atoms with E-state index >= 15 is 0 Å². The van der Waals surface area contributed by atoms with Crippen molar-refractivity contribution < 1.29 is 9.66 Å². The lowest BCUT2D eigenvalue weighted by atomic mass is 10.3. The van der Waals surface area contributed by atoms with E-state index in [1.165, 1.54) is 12.1 Å². The second kappa shape index (κ2) is 5.46. The molecule has 0 aliphatic carbocycles. The number of rotatable bonds is 4. The Hall–Kier alpha value is -2.14. The molecule has 18 heavy (non-hydrogen) atoms. The summed E-state index contributed by atoms with van der Waals surface area (Å²) < 4.78 is 5.46. The van der Waals surface area contributed by atoms with Crippen molar-refractivity contribution in [3.63, 3.8) is 0 Å². The molecular weight excluding hydrogens is 256 g/mol. The molecule has 0 saturated carbocycles. The van der Waals surface area contributed by atoms with Crippen LogP contribution in [0.15, 0.2) is 42.6 Å². The summed E-state index contributed by atoms with van der Waals surface area (Å²) in [4.78, 5) is 13.9. The largest absolute Gasteiger partial charge is 0.489 e. The number of nitro benzene ring substituents is 1. The normalized spacial score (nSPS) is 10.1. The Labute approximate surface area is 108 Å². The van der Waals surface area contributed by atoms with Crippen LogP contribution in [0.1, 0.15) is 5.56 Å². The molecule has 0 fully saturated rings. The minimum atomic E-state index is -0.451. The third-order valence-corrected chi connectivity index (χ3v) is 2.47. The summed E-state index contributed by atoms with van der Waals surface area (Å²) in [6.45, 7) is 0.335. The predicted octanol–water partition coefficient (Wildman–Crippen LogP) is 3.22. The molecule has 5 nitrogen and oxygen atoms in total. The second-order valence-electron chi connectivity index (χ2n) is 3.53. The molecule has 1 heterocycles. The highest BCUT2D eigenvalue weighted by Gasteiger charge is 2.04. The van der Waals surface area contributed by atoms with Crippen molar-refractivity contribution in [1.82, 2.24) is 4.98 Å². The quantitative estimate of drug-likeness (QED) is 0.483. The van der Waals surface area contributed by atoms with Gasteiger partial charge in [0.2, 0.25) is 0 Å². The molecule has 92 valence electrons. The molecule has 0 atom stereocenters. The molecule has 0 unspecified atom stereocenters. The fourth-order valence-electron chi connectivity index (χ4n) is 1.32. The average Bonchev–Trinajstić information content (AvgIpc) is 2.38. The maximum atomic E-state index is 10.5. The minimum Gasteiger partial charge on any atom is -0.489 e. The van der Waals surface area contributed by atoms with Crippen molar-refractivity contribution in [2.45, 2.75) is 6.61 Å². The van der Waals surface area contributed by atoms with Crippen molar-refractivity contribution in [3.8, 4) is 5.75 Å². The highest BCUT2D eigenvalue weighted by Crippen LogP contribution is 2.18. The zero-order valence-corrected chi connectivity index (χ0v) is 10.0. The van der Waals surface area contributed by atoms with Crippen molar-refractivity contribution in [2.75, 3.05) is 0 Å². The Morgan fingerprint density at radius 1 is 1.22 bits per heavy atom. The third kappa shape index (κ3) is 3.18. The van der Waals surface area contributed by atoms with Gasteiger partial charge in [-0.1, -0.05) is 17.7 Å². The summed E-state index contributed by atoms with van der Waals surface area (Å²) in [6, 6.07) is 9.39. The number of nitro groups is 1. The standard InChI is InChI=1S/C12H9ClN2O3/c13-12-6-1-9(7-14-12)8-18-11-4-2-10(3-5-11)15(16)17/h1-7H,8H2. The number of nitrogens with zero attached hydrogens (tertiary/aromatic N) is 2. The number of non-ortho nitro benzene ring substituents is 1. The molecule has 0 amide bonds. The minimum absolute atomic E-state index is 0.0375. The summed E-state index contributed by atoms with van der Waals surface area (Å²) in [5.74, 6) is 0.565. The van der Waals surface area contributed by atoms with Gasteiger partial charge in [0.1, 0.15) is 17.5 Å². The van der Waals surface area contributed by atoms with Crippen LogP contribution in [0.4, 0.5) is 5.69 Å². The Balaban J connectivity index is 1.97. The number of ether oxygens (including phenoxy) is 1. The Morgan fingerprint density at radius 2 is 1.94 bits per heavy atom. The van der Waals surface area contributed by atoms with E-state index in [9.17, 15) is 10.1 Å². The molecule has 0 aliphatic heterocycles. The second-order valence-corrected chi connectivity index (χ2v) is 3.92. The number of benzene rings is 1. The molecule has 2 aromatic rings. The van der Waals surface area contributed by atoms with Crippen molar-refractivity contribution >= 4 is 17.3 Å². The number of hydrogen-bond acceptors (Lipinski definition) is 4. The molecule has 0 bridgehead atoms. The molecule has 0 aliphatic rings. The number of aromatic nitrogens is 1. The first kappa shape index (κ1) is 12.3. The first-order valence-electron chi connectivity index (χ1n) is 5.13. The zero-order chi connectivity index (χ0) is 13.0. The molecule has 6 heteroatoms. The number of hydrogen-bond donors (Lipinski definition) is 0. The lowest BCUT2D eigenvalue weighted by Gasteiger charge is -2.05. The van der Waals surface area contributed by atoms with E-state index in [2.05, 4.69) is 4.98 Å². The summed E-state index contributed by atoms with van der Waals surface area (Å²) in [7, 11) is 0. The first-order valence-corrected chi connectivity index (χ1v) is 5.50. The highest BCUT2D eigenvalue weighted by atomic mass is 35.5. The van der Waals surface area contributed by atoms with Crippen molar-refractivity contribution in [1.29, 1.82) is 0 Å². The van der Waals surface area contributed by atoms with Gasteiger partial charge in [0, 0.05) is 23.9 Å². The van der Waals surface area contributed by atoms with Gasteiger partial charge in [0.05, 0.1) is 4.92 Å². The fourth-order valence-corrected chi connectivity index (χ4v) is 1.43. The lowest BCUT2D eigenvalue weighted by molar-refractivity contribution is -0.384. The van der Waals surface area contributed by atoms with Gasteiger partial charge in [-0.25, -0.2) is 4.98 Å². The Morgan fingerprint density at radius 3 is 2.50 bits per heavy atom. The smallest absolute Gasteiger partial charge is 0.269 e. The topological polar surface area (TPSA) is 65.3 Å². The van der Waals surface area contributed by atoms with Crippen LogP contribution in [0.25, 0.3) is 0 Å². The molecule has 1 aromatic heterocycles. The van der Waals surface area contributed by atoms with Crippen LogP contribution in [0.2, 0.25) is 5.15 Å². The SMILES string of the molecule is O=[N+]([O-])c1ccc(OCc2ccc(Cl)nc2)cc1. The lowest BCUT2D eigenvalue weighted by Crippen LogP contribution is -1.96. The van der Waals surface area contributed by atoms with Gasteiger partial charge in [-0.05, 0) is 18.2 Å². The molecule has 0 N–H and O–H groups in total. The van der Waals surface area contributed by atoms with Gasteiger partial charge in [0.25, 0.3) is 5.69 Å². The van der Waals surface area contributed by atoms with E-state index in [1.807, 2.05) is 0 Å². The van der Waals surface area contributed by atoms with Crippen LogP contribution < -0.4 is 4.74 Å². The highest BCUT2D eigenvalue weighted by molar-refractivity contribution is 6.29. The summed E-state index contributed by atoms with van der Waals surface area (Å²) in [5.41, 5.74) is 0.910. The van der Waals surface area contributed by atoms with Crippen LogP contribution in [-0.4, -0.2) is 9.91 Å². The fraction of sp³-hybridized carbons (Fsp3) is 0.0833. The zero-order valence-electron chi connectivity index (χ0n) is 9.25. The maximum absolute atomic E-state index is 10.5. The molecular formula is C12H9ClN2O3. The van der Waals surface area contributed by atoms with Crippen LogP contribution in [0.5, 0.6) is 5.75 Å². The van der Waals surface area contributed by atoms with E-state index < -0.39 is 4.92 Å². The molecule has 1 aromatic carbocycles. The van der Waals surface area contributed by atoms with Crippen LogP contribution >= 0.6 is 11.6 Å². The van der Waals surface area contributed by atoms with Crippen molar-refractivity contribution in [2.24, 2.45) is 0 Å². The molecule has 2 rings (SSSR count). The Bertz CT molecular complexity index is 540. The summed E-state index contributed by atoms with van der Waals surface area (Å²) in [6.07, 6.45) is 1.62. The van der Waals surface area contributed by atoms with Gasteiger partial charge < -0.3 is 4.74 Å². The maximum Gasteiger partial charge on any atom is 0.269 e. The van der Waals surface area contributed by atoms with Gasteiger partial charge in [0.15, 0.2) is 0 Å². The van der Waals surface area contributed by atoms with E-state index in [0.29, 0.717) is 17.5 Å². The van der Waals surface area contributed by atoms with Crippen LogP contribution in [-0.2, 0) is 6.61 Å². The van der Waals surface area contributed by atoms with Gasteiger partial charge in [-0.15, -0.1) is 0 Å². The number of halogens is 1. The number of pyridine rings is 1. The van der Waals surface area contributed by atoms with E-state index in [-0.39, 0.29) is 5.69 Å². The van der Waals surface area contributed by atoms with Crippen LogP contribution in [0.3, 0.4) is 0 Å². The van der Waals surface area contributed by atoms with Gasteiger partial charge in [-0.3, -0.25) is 10.1 Å². The summed E-state index contributed by atoms with van der Waals surface area (Å²) >= 11 is 5.66. The molecule has 0 radical (unpaired) electrons. The van der Waals surface area contributed by atoms with E-state index in [4.69, 9.17) is 16.3 Å². The monoisotopic (exact) mass is 264 g/mol. The third-order valence-electron chi connectivity index (χ3n) is 2.24. The van der Waals surface area contributed by atoms with Gasteiger partial charge in [-0.2, -0.15) is 0 Å². The first-order chi connectivity index (χ1) is 8.65. The Kier molecular flexibility index (Phi) is 3.74. The molecule has 0 saturated heterocycles. The summed E-state index contributed by atoms with van der Waals surface area (Å²) in [5, 5.41) is 10.9.